The number of carbonyl (C=O) groups is 2. The van der Waals surface area contributed by atoms with Crippen LogP contribution in [0, 0.1) is 0 Å². The summed E-state index contributed by atoms with van der Waals surface area (Å²) < 4.78 is 6.91. The standard InChI is InChI=1S/C18H22N4O3/c1-4-8-13-15(16(17(19)23)22(3)21-13)20-18(24)12-9-6-7-10-14(12)25-11-5-2/h5-7,9-10H,2,4,8,11H2,1,3H3,(H2,19,23)(H,20,24). The Balaban J connectivity index is 2.38. The van der Waals surface area contributed by atoms with Gasteiger partial charge in [0.1, 0.15) is 18.1 Å². The lowest BCUT2D eigenvalue weighted by Crippen LogP contribution is -2.21. The van der Waals surface area contributed by atoms with Crippen LogP contribution in [-0.4, -0.2) is 28.2 Å². The van der Waals surface area contributed by atoms with Gasteiger partial charge in [0, 0.05) is 7.05 Å². The van der Waals surface area contributed by atoms with Crippen molar-refractivity contribution < 1.29 is 14.3 Å². The maximum Gasteiger partial charge on any atom is 0.269 e. The monoisotopic (exact) mass is 342 g/mol. The van der Waals surface area contributed by atoms with Crippen molar-refractivity contribution in [2.75, 3.05) is 11.9 Å². The van der Waals surface area contributed by atoms with Crippen LogP contribution >= 0.6 is 0 Å². The number of hydrogen-bond donors (Lipinski definition) is 2. The number of nitrogens with zero attached hydrogens (tertiary/aromatic N) is 2. The van der Waals surface area contributed by atoms with Crippen LogP contribution in [0.1, 0.15) is 39.9 Å². The molecule has 1 heterocycles. The molecule has 0 radical (unpaired) electrons. The lowest BCUT2D eigenvalue weighted by molar-refractivity contribution is 0.0992. The SMILES string of the molecule is C=CCOc1ccccc1C(=O)Nc1c(CCC)nn(C)c1C(N)=O. The van der Waals surface area contributed by atoms with E-state index in [9.17, 15) is 9.59 Å². The maximum absolute atomic E-state index is 12.7. The molecule has 0 saturated heterocycles. The first kappa shape index (κ1) is 18.3. The molecule has 0 aliphatic carbocycles. The van der Waals surface area contributed by atoms with Gasteiger partial charge in [-0.25, -0.2) is 0 Å². The van der Waals surface area contributed by atoms with Gasteiger partial charge in [-0.05, 0) is 18.6 Å². The van der Waals surface area contributed by atoms with E-state index in [4.69, 9.17) is 10.5 Å². The second kappa shape index (κ2) is 8.14. The smallest absolute Gasteiger partial charge is 0.269 e. The molecule has 1 aromatic carbocycles. The highest BCUT2D eigenvalue weighted by atomic mass is 16.5. The summed E-state index contributed by atoms with van der Waals surface area (Å²) in [4.78, 5) is 24.5. The number of amides is 2. The largest absolute Gasteiger partial charge is 0.489 e. The number of aromatic nitrogens is 2. The second-order valence-corrected chi connectivity index (χ2v) is 5.46. The van der Waals surface area contributed by atoms with E-state index < -0.39 is 11.8 Å². The van der Waals surface area contributed by atoms with E-state index in [-0.39, 0.29) is 12.3 Å². The van der Waals surface area contributed by atoms with Crippen LogP contribution in [0.25, 0.3) is 0 Å². The van der Waals surface area contributed by atoms with E-state index >= 15 is 0 Å². The predicted octanol–water partition coefficient (Wildman–Crippen LogP) is 2.29. The summed E-state index contributed by atoms with van der Waals surface area (Å²) in [6, 6.07) is 6.86. The zero-order chi connectivity index (χ0) is 18.4. The average molecular weight is 342 g/mol. The van der Waals surface area contributed by atoms with Gasteiger partial charge in [0.2, 0.25) is 0 Å². The van der Waals surface area contributed by atoms with Crippen LogP contribution in [0.4, 0.5) is 5.69 Å². The molecule has 0 saturated carbocycles. The number of nitrogens with one attached hydrogen (secondary N) is 1. The number of nitrogens with two attached hydrogens (primary N) is 1. The second-order valence-electron chi connectivity index (χ2n) is 5.46. The number of para-hydroxylation sites is 1. The number of primary amides is 1. The van der Waals surface area contributed by atoms with Crippen molar-refractivity contribution in [3.05, 3.63) is 53.9 Å². The topological polar surface area (TPSA) is 99.2 Å². The minimum Gasteiger partial charge on any atom is -0.489 e. The Morgan fingerprint density at radius 2 is 2.12 bits per heavy atom. The molecular weight excluding hydrogens is 320 g/mol. The Bertz CT molecular complexity index is 796. The van der Waals surface area contributed by atoms with Crippen molar-refractivity contribution in [2.24, 2.45) is 12.8 Å². The highest BCUT2D eigenvalue weighted by Crippen LogP contribution is 2.25. The number of hydrogen-bond acceptors (Lipinski definition) is 4. The molecule has 7 nitrogen and oxygen atoms in total. The molecule has 0 spiro atoms. The molecule has 132 valence electrons. The van der Waals surface area contributed by atoms with Crippen molar-refractivity contribution in [1.82, 2.24) is 9.78 Å². The molecule has 0 bridgehead atoms. The Morgan fingerprint density at radius 1 is 1.40 bits per heavy atom. The van der Waals surface area contributed by atoms with Gasteiger partial charge >= 0.3 is 0 Å². The Labute approximate surface area is 146 Å². The quantitative estimate of drug-likeness (QED) is 0.719. The molecular formula is C18H22N4O3. The van der Waals surface area contributed by atoms with E-state index in [1.165, 1.54) is 4.68 Å². The van der Waals surface area contributed by atoms with Gasteiger partial charge < -0.3 is 15.8 Å². The average Bonchev–Trinajstić information content (AvgIpc) is 2.88. The van der Waals surface area contributed by atoms with Crippen LogP contribution in [0.3, 0.4) is 0 Å². The molecule has 2 aromatic rings. The van der Waals surface area contributed by atoms with Gasteiger partial charge in [0.25, 0.3) is 11.8 Å². The number of rotatable bonds is 8. The van der Waals surface area contributed by atoms with Crippen LogP contribution in [-0.2, 0) is 13.5 Å². The summed E-state index contributed by atoms with van der Waals surface area (Å²) in [5.74, 6) is -0.613. The zero-order valence-corrected chi connectivity index (χ0v) is 14.4. The van der Waals surface area contributed by atoms with Crippen molar-refractivity contribution >= 4 is 17.5 Å². The van der Waals surface area contributed by atoms with Gasteiger partial charge in [-0.3, -0.25) is 14.3 Å². The van der Waals surface area contributed by atoms with Gasteiger partial charge in [-0.2, -0.15) is 5.10 Å². The molecule has 0 atom stereocenters. The summed E-state index contributed by atoms with van der Waals surface area (Å²) in [6.07, 6.45) is 3.03. The van der Waals surface area contributed by atoms with Crippen molar-refractivity contribution in [2.45, 2.75) is 19.8 Å². The highest BCUT2D eigenvalue weighted by Gasteiger charge is 2.23. The summed E-state index contributed by atoms with van der Waals surface area (Å²) in [7, 11) is 1.62. The number of aryl methyl sites for hydroxylation is 2. The fraction of sp³-hybridized carbons (Fsp3) is 0.278. The summed E-state index contributed by atoms with van der Waals surface area (Å²) in [5.41, 5.74) is 6.94. The van der Waals surface area contributed by atoms with E-state index in [1.54, 1.807) is 37.4 Å². The summed E-state index contributed by atoms with van der Waals surface area (Å²) in [5, 5.41) is 7.07. The van der Waals surface area contributed by atoms with Gasteiger partial charge in [-0.15, -0.1) is 0 Å². The summed E-state index contributed by atoms with van der Waals surface area (Å²) in [6.45, 7) is 5.87. The molecule has 2 amide bonds. The highest BCUT2D eigenvalue weighted by molar-refractivity contribution is 6.09. The van der Waals surface area contributed by atoms with Crippen LogP contribution in [0.15, 0.2) is 36.9 Å². The van der Waals surface area contributed by atoms with Gasteiger partial charge in [0.15, 0.2) is 0 Å². The minimum atomic E-state index is -0.649. The third kappa shape index (κ3) is 4.06. The molecule has 0 aliphatic heterocycles. The Hall–Kier alpha value is -3.09. The Kier molecular flexibility index (Phi) is 5.94. The van der Waals surface area contributed by atoms with E-state index in [0.29, 0.717) is 29.1 Å². The van der Waals surface area contributed by atoms with Crippen LogP contribution in [0.5, 0.6) is 5.75 Å². The normalized spacial score (nSPS) is 10.3. The molecule has 1 aromatic heterocycles. The molecule has 7 heteroatoms. The van der Waals surface area contributed by atoms with Crippen LogP contribution < -0.4 is 15.8 Å². The zero-order valence-electron chi connectivity index (χ0n) is 14.4. The van der Waals surface area contributed by atoms with E-state index in [1.807, 2.05) is 6.92 Å². The third-order valence-corrected chi connectivity index (χ3v) is 3.57. The Morgan fingerprint density at radius 3 is 2.76 bits per heavy atom. The number of ether oxygens (including phenoxy) is 1. The lowest BCUT2D eigenvalue weighted by atomic mass is 10.1. The van der Waals surface area contributed by atoms with Crippen molar-refractivity contribution in [1.29, 1.82) is 0 Å². The van der Waals surface area contributed by atoms with Crippen molar-refractivity contribution in [3.63, 3.8) is 0 Å². The maximum atomic E-state index is 12.7. The van der Waals surface area contributed by atoms with Crippen LogP contribution in [0.2, 0.25) is 0 Å². The molecule has 2 rings (SSSR count). The number of carbonyl (C=O) groups excluding carboxylic acids is 2. The first-order valence-corrected chi connectivity index (χ1v) is 7.99. The number of anilines is 1. The first-order valence-electron chi connectivity index (χ1n) is 7.99. The molecule has 0 aliphatic rings. The fourth-order valence-electron chi connectivity index (χ4n) is 2.52. The molecule has 0 fully saturated rings. The third-order valence-electron chi connectivity index (χ3n) is 3.57. The lowest BCUT2D eigenvalue weighted by Gasteiger charge is -2.11. The minimum absolute atomic E-state index is 0.168. The molecule has 25 heavy (non-hydrogen) atoms. The first-order chi connectivity index (χ1) is 12.0. The predicted molar refractivity (Wildman–Crippen MR) is 95.8 cm³/mol. The van der Waals surface area contributed by atoms with Crippen molar-refractivity contribution in [3.8, 4) is 5.75 Å². The fourth-order valence-corrected chi connectivity index (χ4v) is 2.52. The van der Waals surface area contributed by atoms with E-state index in [2.05, 4.69) is 17.0 Å². The number of benzene rings is 1. The molecule has 3 N–H and O–H groups in total. The van der Waals surface area contributed by atoms with Gasteiger partial charge in [-0.1, -0.05) is 38.1 Å². The van der Waals surface area contributed by atoms with Gasteiger partial charge in [0.05, 0.1) is 16.9 Å². The van der Waals surface area contributed by atoms with E-state index in [0.717, 1.165) is 6.42 Å². The molecule has 0 unspecified atom stereocenters. The summed E-state index contributed by atoms with van der Waals surface area (Å²) >= 11 is 0.